The molecule has 0 aliphatic heterocycles. The second kappa shape index (κ2) is 13.1. The number of rotatable bonds is 9. The molecule has 0 aromatic heterocycles. The number of halogens is 4. The van der Waals surface area contributed by atoms with E-state index in [-0.39, 0.29) is 28.9 Å². The molecule has 0 heterocycles. The summed E-state index contributed by atoms with van der Waals surface area (Å²) in [6, 6.07) is 5.44. The van der Waals surface area contributed by atoms with Crippen LogP contribution in [0.4, 0.5) is 23.2 Å². The molecule has 0 aliphatic carbocycles. The number of nitrogens with one attached hydrogen (secondary N) is 2. The highest BCUT2D eigenvalue weighted by molar-refractivity contribution is 7.92. The van der Waals surface area contributed by atoms with Crippen molar-refractivity contribution < 1.29 is 30.8 Å². The van der Waals surface area contributed by atoms with Crippen LogP contribution in [0, 0.1) is 30.0 Å². The van der Waals surface area contributed by atoms with Gasteiger partial charge in [0, 0.05) is 18.2 Å². The lowest BCUT2D eigenvalue weighted by Crippen LogP contribution is -2.22. The number of terminal acetylenes is 1. The highest BCUT2D eigenvalue weighted by Crippen LogP contribution is 2.30. The molecule has 0 saturated carbocycles. The first-order valence-electron chi connectivity index (χ1n) is 11.4. The Labute approximate surface area is 220 Å². The van der Waals surface area contributed by atoms with Crippen molar-refractivity contribution in [3.8, 4) is 24.2 Å². The van der Waals surface area contributed by atoms with Crippen molar-refractivity contribution in [2.75, 3.05) is 30.6 Å². The molecule has 6 nitrogen and oxygen atoms in total. The number of sulfonamides is 1. The normalized spacial score (nSPS) is 11.7. The fourth-order valence-corrected chi connectivity index (χ4v) is 3.84. The maximum atomic E-state index is 14.4. The lowest BCUT2D eigenvalue weighted by Gasteiger charge is -2.13. The third-order valence-corrected chi connectivity index (χ3v) is 5.85. The van der Waals surface area contributed by atoms with Crippen LogP contribution in [0.2, 0.25) is 0 Å². The van der Waals surface area contributed by atoms with Crippen LogP contribution in [0.5, 0.6) is 0 Å². The SMILES string of the molecule is C#Cc1cc(CNC(=O)/C=C/c2ccc(C(F)(F)F)cc2C#CCN(CC)CC)cc(F)c1NS(C)(=O)=O. The lowest BCUT2D eigenvalue weighted by atomic mass is 10.0. The molecule has 0 aliphatic rings. The zero-order valence-corrected chi connectivity index (χ0v) is 21.9. The highest BCUT2D eigenvalue weighted by Gasteiger charge is 2.30. The molecular formula is C27H27F4N3O3S. The Morgan fingerprint density at radius 3 is 2.39 bits per heavy atom. The fraction of sp³-hybridized carbons (Fsp3) is 0.296. The monoisotopic (exact) mass is 549 g/mol. The largest absolute Gasteiger partial charge is 0.416 e. The number of amides is 1. The Hall–Kier alpha value is -3.80. The van der Waals surface area contributed by atoms with Gasteiger partial charge >= 0.3 is 6.18 Å². The number of nitrogens with zero attached hydrogens (tertiary/aromatic N) is 1. The molecule has 11 heteroatoms. The van der Waals surface area contributed by atoms with Crippen LogP contribution in [-0.4, -0.2) is 45.1 Å². The van der Waals surface area contributed by atoms with Gasteiger partial charge in [-0.15, -0.1) is 6.42 Å². The van der Waals surface area contributed by atoms with Crippen LogP contribution in [-0.2, 0) is 27.5 Å². The lowest BCUT2D eigenvalue weighted by molar-refractivity contribution is -0.137. The second-order valence-electron chi connectivity index (χ2n) is 8.13. The van der Waals surface area contributed by atoms with Crippen LogP contribution in [0.1, 0.15) is 41.7 Å². The van der Waals surface area contributed by atoms with E-state index in [1.54, 1.807) is 0 Å². The van der Waals surface area contributed by atoms with E-state index in [1.807, 2.05) is 23.5 Å². The van der Waals surface area contributed by atoms with Gasteiger partial charge in [-0.1, -0.05) is 37.7 Å². The molecule has 0 saturated heterocycles. The van der Waals surface area contributed by atoms with Gasteiger partial charge in [-0.05, 0) is 54.6 Å². The molecule has 2 N–H and O–H groups in total. The van der Waals surface area contributed by atoms with Gasteiger partial charge < -0.3 is 5.32 Å². The third kappa shape index (κ3) is 9.25. The topological polar surface area (TPSA) is 78.5 Å². The Bertz CT molecular complexity index is 1410. The minimum absolute atomic E-state index is 0.0482. The zero-order valence-electron chi connectivity index (χ0n) is 21.0. The van der Waals surface area contributed by atoms with Crippen LogP contribution in [0.3, 0.4) is 0 Å². The van der Waals surface area contributed by atoms with E-state index in [0.717, 1.165) is 43.6 Å². The highest BCUT2D eigenvalue weighted by atomic mass is 32.2. The maximum Gasteiger partial charge on any atom is 0.416 e. The number of hydrogen-bond acceptors (Lipinski definition) is 4. The van der Waals surface area contributed by atoms with Crippen molar-refractivity contribution >= 4 is 27.7 Å². The van der Waals surface area contributed by atoms with Crippen LogP contribution < -0.4 is 10.0 Å². The Morgan fingerprint density at radius 2 is 1.82 bits per heavy atom. The summed E-state index contributed by atoms with van der Waals surface area (Å²) in [7, 11) is -3.77. The molecule has 0 atom stereocenters. The van der Waals surface area contributed by atoms with Gasteiger partial charge in [0.2, 0.25) is 15.9 Å². The summed E-state index contributed by atoms with van der Waals surface area (Å²) in [5.41, 5.74) is -0.572. The van der Waals surface area contributed by atoms with E-state index in [2.05, 4.69) is 23.1 Å². The van der Waals surface area contributed by atoms with E-state index in [1.165, 1.54) is 18.2 Å². The minimum Gasteiger partial charge on any atom is -0.348 e. The summed E-state index contributed by atoms with van der Waals surface area (Å²) in [4.78, 5) is 14.4. The first-order valence-corrected chi connectivity index (χ1v) is 13.3. The van der Waals surface area contributed by atoms with E-state index in [4.69, 9.17) is 6.42 Å². The molecule has 0 bridgehead atoms. The molecule has 202 valence electrons. The van der Waals surface area contributed by atoms with Crippen molar-refractivity contribution in [2.45, 2.75) is 26.6 Å². The van der Waals surface area contributed by atoms with E-state index in [9.17, 15) is 30.8 Å². The molecule has 2 rings (SSSR count). The van der Waals surface area contributed by atoms with Crippen molar-refractivity contribution in [1.29, 1.82) is 0 Å². The Balaban J connectivity index is 2.22. The third-order valence-electron chi connectivity index (χ3n) is 5.27. The van der Waals surface area contributed by atoms with Gasteiger partial charge in [0.15, 0.2) is 0 Å². The molecule has 0 fully saturated rings. The Kier molecular flexibility index (Phi) is 10.5. The van der Waals surface area contributed by atoms with Gasteiger partial charge in [-0.3, -0.25) is 14.4 Å². The average Bonchev–Trinajstić information content (AvgIpc) is 2.84. The summed E-state index contributed by atoms with van der Waals surface area (Å²) in [6.45, 7) is 5.61. The van der Waals surface area contributed by atoms with E-state index >= 15 is 0 Å². The summed E-state index contributed by atoms with van der Waals surface area (Å²) in [5, 5.41) is 2.52. The molecule has 2 aromatic carbocycles. The van der Waals surface area contributed by atoms with Crippen LogP contribution in [0.15, 0.2) is 36.4 Å². The number of anilines is 1. The molecule has 0 spiro atoms. The van der Waals surface area contributed by atoms with Gasteiger partial charge in [-0.25, -0.2) is 12.8 Å². The number of benzene rings is 2. The van der Waals surface area contributed by atoms with Crippen molar-refractivity contribution in [2.24, 2.45) is 0 Å². The quantitative estimate of drug-likeness (QED) is 0.279. The summed E-state index contributed by atoms with van der Waals surface area (Å²) in [6.07, 6.45) is 4.12. The first-order chi connectivity index (χ1) is 17.8. The number of alkyl halides is 3. The molecule has 0 unspecified atom stereocenters. The molecular weight excluding hydrogens is 522 g/mol. The van der Waals surface area contributed by atoms with Crippen LogP contribution >= 0.6 is 0 Å². The molecule has 2 aromatic rings. The van der Waals surface area contributed by atoms with E-state index < -0.39 is 33.5 Å². The second-order valence-corrected chi connectivity index (χ2v) is 9.88. The summed E-state index contributed by atoms with van der Waals surface area (Å²) >= 11 is 0. The van der Waals surface area contributed by atoms with Crippen molar-refractivity contribution in [3.05, 3.63) is 70.0 Å². The Morgan fingerprint density at radius 1 is 1.13 bits per heavy atom. The van der Waals surface area contributed by atoms with Gasteiger partial charge in [0.25, 0.3) is 0 Å². The van der Waals surface area contributed by atoms with Gasteiger partial charge in [0.1, 0.15) is 5.82 Å². The summed E-state index contributed by atoms with van der Waals surface area (Å²) in [5.74, 6) is 6.31. The average molecular weight is 550 g/mol. The maximum absolute atomic E-state index is 14.4. The standard InChI is InChI=1S/C27H27F4N3O3S/c1-5-20-15-19(16-24(28)26(20)33-38(4,36)37)18-32-25(35)13-11-21-10-12-23(27(29,30)31)17-22(21)9-8-14-34(6-2)7-3/h1,10-13,15-17,33H,6-7,14,18H2,2-4H3,(H,32,35)/b13-11+. The predicted molar refractivity (Wildman–Crippen MR) is 140 cm³/mol. The van der Waals surface area contributed by atoms with Crippen LogP contribution in [0.25, 0.3) is 6.08 Å². The zero-order chi connectivity index (χ0) is 28.5. The first kappa shape index (κ1) is 30.4. The van der Waals surface area contributed by atoms with Crippen molar-refractivity contribution in [1.82, 2.24) is 10.2 Å². The molecule has 1 amide bonds. The summed E-state index contributed by atoms with van der Waals surface area (Å²) < 4.78 is 79.0. The van der Waals surface area contributed by atoms with Crippen molar-refractivity contribution in [3.63, 3.8) is 0 Å². The number of carbonyl (C=O) groups is 1. The van der Waals surface area contributed by atoms with Gasteiger partial charge in [-0.2, -0.15) is 13.2 Å². The molecule has 0 radical (unpaired) electrons. The minimum atomic E-state index is -4.55. The van der Waals surface area contributed by atoms with E-state index in [0.29, 0.717) is 12.1 Å². The fourth-order valence-electron chi connectivity index (χ4n) is 3.26. The predicted octanol–water partition coefficient (Wildman–Crippen LogP) is 4.22. The number of hydrogen-bond donors (Lipinski definition) is 2. The smallest absolute Gasteiger partial charge is 0.348 e. The van der Waals surface area contributed by atoms with Gasteiger partial charge in [0.05, 0.1) is 29.6 Å². The number of carbonyl (C=O) groups excluding carboxylic acids is 1. The molecule has 38 heavy (non-hydrogen) atoms.